The first-order valence-corrected chi connectivity index (χ1v) is 9.58. The van der Waals surface area contributed by atoms with Gasteiger partial charge in [0.2, 0.25) is 0 Å². The third kappa shape index (κ3) is 5.45. The fourth-order valence-corrected chi connectivity index (χ4v) is 3.09. The third-order valence-electron chi connectivity index (χ3n) is 4.50. The van der Waals surface area contributed by atoms with E-state index in [0.717, 1.165) is 11.1 Å². The van der Waals surface area contributed by atoms with Crippen LogP contribution < -0.4 is 5.32 Å². The topological polar surface area (TPSA) is 73.2 Å². The minimum Gasteiger partial charge on any atom is -0.452 e. The molecule has 0 fully saturated rings. The van der Waals surface area contributed by atoms with E-state index in [1.165, 1.54) is 0 Å². The lowest BCUT2D eigenvalue weighted by molar-refractivity contribution is -0.124. The highest BCUT2D eigenvalue weighted by atomic mass is 35.5. The summed E-state index contributed by atoms with van der Waals surface area (Å²) in [7, 11) is 0. The number of aromatic nitrogens is 2. The number of carbonyl (C=O) groups excluding carboxylic acids is 2. The summed E-state index contributed by atoms with van der Waals surface area (Å²) in [4.78, 5) is 24.5. The van der Waals surface area contributed by atoms with Gasteiger partial charge < -0.3 is 10.1 Å². The molecule has 150 valence electrons. The number of nitrogens with zero attached hydrogens (tertiary/aromatic N) is 2. The molecule has 1 heterocycles. The molecule has 3 aromatic rings. The Morgan fingerprint density at radius 3 is 2.41 bits per heavy atom. The van der Waals surface area contributed by atoms with E-state index in [2.05, 4.69) is 10.4 Å². The number of rotatable bonds is 7. The van der Waals surface area contributed by atoms with Gasteiger partial charge in [-0.15, -0.1) is 0 Å². The largest absolute Gasteiger partial charge is 0.452 e. The highest BCUT2D eigenvalue weighted by Gasteiger charge is 2.21. The van der Waals surface area contributed by atoms with Gasteiger partial charge in [-0.05, 0) is 37.1 Å². The average molecular weight is 412 g/mol. The van der Waals surface area contributed by atoms with E-state index >= 15 is 0 Å². The van der Waals surface area contributed by atoms with Crippen LogP contribution in [0.1, 0.15) is 32.9 Å². The molecule has 3 rings (SSSR count). The SMILES string of the molecule is Cc1nn(Cc2ccccc2)c(C)c1C(=O)OCC(=O)NCc1ccc(Cl)cc1. The normalized spacial score (nSPS) is 10.6. The van der Waals surface area contributed by atoms with Crippen molar-refractivity contribution in [3.8, 4) is 0 Å². The maximum atomic E-state index is 12.5. The zero-order valence-electron chi connectivity index (χ0n) is 16.3. The number of benzene rings is 2. The van der Waals surface area contributed by atoms with Gasteiger partial charge in [0.05, 0.1) is 17.9 Å². The van der Waals surface area contributed by atoms with Crippen LogP contribution in [0.4, 0.5) is 0 Å². The summed E-state index contributed by atoms with van der Waals surface area (Å²) in [6, 6.07) is 17.0. The lowest BCUT2D eigenvalue weighted by Gasteiger charge is -2.08. The summed E-state index contributed by atoms with van der Waals surface area (Å²) in [6.07, 6.45) is 0. The number of amides is 1. The number of nitrogens with one attached hydrogen (secondary N) is 1. The van der Waals surface area contributed by atoms with Crippen molar-refractivity contribution in [2.45, 2.75) is 26.9 Å². The van der Waals surface area contributed by atoms with E-state index in [4.69, 9.17) is 16.3 Å². The van der Waals surface area contributed by atoms with Crippen molar-refractivity contribution in [1.29, 1.82) is 0 Å². The van der Waals surface area contributed by atoms with Crippen LogP contribution in [-0.4, -0.2) is 28.3 Å². The third-order valence-corrected chi connectivity index (χ3v) is 4.75. The number of hydrogen-bond acceptors (Lipinski definition) is 4. The smallest absolute Gasteiger partial charge is 0.342 e. The fraction of sp³-hybridized carbons (Fsp3) is 0.227. The van der Waals surface area contributed by atoms with Gasteiger partial charge in [0, 0.05) is 11.6 Å². The molecule has 0 saturated carbocycles. The van der Waals surface area contributed by atoms with Crippen molar-refractivity contribution in [2.24, 2.45) is 0 Å². The Hall–Kier alpha value is -3.12. The van der Waals surface area contributed by atoms with E-state index in [0.29, 0.717) is 35.1 Å². The van der Waals surface area contributed by atoms with Gasteiger partial charge in [0.1, 0.15) is 5.56 Å². The predicted molar refractivity (Wildman–Crippen MR) is 111 cm³/mol. The zero-order valence-corrected chi connectivity index (χ0v) is 17.1. The number of halogens is 1. The van der Waals surface area contributed by atoms with E-state index in [9.17, 15) is 9.59 Å². The number of hydrogen-bond donors (Lipinski definition) is 1. The fourth-order valence-electron chi connectivity index (χ4n) is 2.96. The Morgan fingerprint density at radius 1 is 1.03 bits per heavy atom. The summed E-state index contributed by atoms with van der Waals surface area (Å²) in [5.74, 6) is -0.929. The van der Waals surface area contributed by atoms with Gasteiger partial charge in [-0.1, -0.05) is 54.1 Å². The van der Waals surface area contributed by atoms with E-state index in [1.807, 2.05) is 49.4 Å². The second kappa shape index (κ2) is 9.39. The van der Waals surface area contributed by atoms with Crippen molar-refractivity contribution in [1.82, 2.24) is 15.1 Å². The molecular weight excluding hydrogens is 390 g/mol. The maximum absolute atomic E-state index is 12.5. The van der Waals surface area contributed by atoms with E-state index < -0.39 is 5.97 Å². The predicted octanol–water partition coefficient (Wildman–Crippen LogP) is 3.67. The first kappa shape index (κ1) is 20.6. The number of ether oxygens (including phenoxy) is 1. The van der Waals surface area contributed by atoms with Crippen LogP contribution in [-0.2, 0) is 22.6 Å². The molecule has 0 spiro atoms. The van der Waals surface area contributed by atoms with Crippen LogP contribution in [0.3, 0.4) is 0 Å². The average Bonchev–Trinajstić information content (AvgIpc) is 2.99. The summed E-state index contributed by atoms with van der Waals surface area (Å²) in [5, 5.41) is 7.79. The van der Waals surface area contributed by atoms with E-state index in [-0.39, 0.29) is 12.5 Å². The summed E-state index contributed by atoms with van der Waals surface area (Å²) < 4.78 is 6.96. The van der Waals surface area contributed by atoms with Gasteiger partial charge >= 0.3 is 5.97 Å². The molecule has 0 aliphatic rings. The number of esters is 1. The highest BCUT2D eigenvalue weighted by Crippen LogP contribution is 2.16. The quantitative estimate of drug-likeness (QED) is 0.602. The molecule has 29 heavy (non-hydrogen) atoms. The highest BCUT2D eigenvalue weighted by molar-refractivity contribution is 6.30. The Morgan fingerprint density at radius 2 is 1.72 bits per heavy atom. The Kier molecular flexibility index (Phi) is 6.67. The monoisotopic (exact) mass is 411 g/mol. The second-order valence-corrected chi connectivity index (χ2v) is 7.10. The molecule has 6 nitrogen and oxygen atoms in total. The molecule has 1 aromatic heterocycles. The van der Waals surface area contributed by atoms with Crippen LogP contribution >= 0.6 is 11.6 Å². The van der Waals surface area contributed by atoms with Crippen LogP contribution in [0.15, 0.2) is 54.6 Å². The summed E-state index contributed by atoms with van der Waals surface area (Å²) >= 11 is 5.84. The number of aryl methyl sites for hydroxylation is 1. The van der Waals surface area contributed by atoms with Gasteiger partial charge in [-0.25, -0.2) is 4.79 Å². The number of carbonyl (C=O) groups is 2. The molecular formula is C22H22ClN3O3. The van der Waals surface area contributed by atoms with Gasteiger partial charge in [-0.2, -0.15) is 5.10 Å². The molecule has 7 heteroatoms. The van der Waals surface area contributed by atoms with E-state index in [1.54, 1.807) is 23.7 Å². The molecule has 1 N–H and O–H groups in total. The lowest BCUT2D eigenvalue weighted by atomic mass is 10.2. The maximum Gasteiger partial charge on any atom is 0.342 e. The Labute approximate surface area is 174 Å². The van der Waals surface area contributed by atoms with Crippen LogP contribution in [0.25, 0.3) is 0 Å². The van der Waals surface area contributed by atoms with Gasteiger partial charge in [0.15, 0.2) is 6.61 Å². The van der Waals surface area contributed by atoms with Crippen LogP contribution in [0.2, 0.25) is 5.02 Å². The minimum atomic E-state index is -0.555. The van der Waals surface area contributed by atoms with Crippen molar-refractivity contribution >= 4 is 23.5 Å². The molecule has 0 radical (unpaired) electrons. The van der Waals surface area contributed by atoms with Crippen molar-refractivity contribution in [2.75, 3.05) is 6.61 Å². The molecule has 0 atom stereocenters. The second-order valence-electron chi connectivity index (χ2n) is 6.67. The van der Waals surface area contributed by atoms with Crippen LogP contribution in [0.5, 0.6) is 0 Å². The van der Waals surface area contributed by atoms with Gasteiger partial charge in [-0.3, -0.25) is 9.48 Å². The van der Waals surface area contributed by atoms with Crippen LogP contribution in [0, 0.1) is 13.8 Å². The zero-order chi connectivity index (χ0) is 20.8. The minimum absolute atomic E-state index is 0.334. The van der Waals surface area contributed by atoms with Crippen molar-refractivity contribution < 1.29 is 14.3 Å². The van der Waals surface area contributed by atoms with Crippen molar-refractivity contribution in [3.05, 3.63) is 87.7 Å². The first-order chi connectivity index (χ1) is 13.9. The molecule has 0 saturated heterocycles. The molecule has 0 unspecified atom stereocenters. The standard InChI is InChI=1S/C22H22ClN3O3/c1-15-21(16(2)26(25-15)13-18-6-4-3-5-7-18)22(28)29-14-20(27)24-12-17-8-10-19(23)11-9-17/h3-11H,12-14H2,1-2H3,(H,24,27). The summed E-state index contributed by atoms with van der Waals surface area (Å²) in [6.45, 7) is 4.12. The molecule has 1 amide bonds. The molecule has 0 aliphatic heterocycles. The lowest BCUT2D eigenvalue weighted by Crippen LogP contribution is -2.28. The Bertz CT molecular complexity index is 998. The van der Waals surface area contributed by atoms with Gasteiger partial charge in [0.25, 0.3) is 5.91 Å². The molecule has 2 aromatic carbocycles. The first-order valence-electron chi connectivity index (χ1n) is 9.20. The van der Waals surface area contributed by atoms with Crippen molar-refractivity contribution in [3.63, 3.8) is 0 Å². The molecule has 0 bridgehead atoms. The Balaban J connectivity index is 1.56. The summed E-state index contributed by atoms with van der Waals surface area (Å²) in [5.41, 5.74) is 3.66. The molecule has 0 aliphatic carbocycles.